The molecule has 0 atom stereocenters. The van der Waals surface area contributed by atoms with Crippen molar-refractivity contribution in [1.29, 1.82) is 0 Å². The summed E-state index contributed by atoms with van der Waals surface area (Å²) in [4.78, 5) is 13.2. The smallest absolute Gasteiger partial charge is 0.256 e. The van der Waals surface area contributed by atoms with Gasteiger partial charge in [-0.3, -0.25) is 4.79 Å². The summed E-state index contributed by atoms with van der Waals surface area (Å²) in [6.45, 7) is 8.52. The summed E-state index contributed by atoms with van der Waals surface area (Å²) in [6, 6.07) is 13.7. The van der Waals surface area contributed by atoms with Crippen molar-refractivity contribution in [2.24, 2.45) is 0 Å². The number of carbonyl (C=O) groups excluding carboxylic acids is 1. The number of thiol groups is 1. The Labute approximate surface area is 138 Å². The molecule has 0 heterocycles. The summed E-state index contributed by atoms with van der Waals surface area (Å²) in [5, 5.41) is 2.95. The number of amides is 1. The van der Waals surface area contributed by atoms with E-state index in [-0.39, 0.29) is 11.3 Å². The minimum absolute atomic E-state index is 0.0415. The Hall–Kier alpha value is -1.74. The van der Waals surface area contributed by atoms with Gasteiger partial charge in [0.25, 0.3) is 5.91 Å². The zero-order chi connectivity index (χ0) is 16.3. The van der Waals surface area contributed by atoms with E-state index in [0.29, 0.717) is 10.5 Å². The van der Waals surface area contributed by atoms with Gasteiger partial charge in [0.05, 0.1) is 5.56 Å². The van der Waals surface area contributed by atoms with Crippen molar-refractivity contribution in [1.82, 2.24) is 0 Å². The fraction of sp³-hybridized carbons (Fsp3) is 0.316. The van der Waals surface area contributed by atoms with E-state index in [0.717, 1.165) is 23.2 Å². The Morgan fingerprint density at radius 1 is 1.18 bits per heavy atom. The predicted molar refractivity (Wildman–Crippen MR) is 96.1 cm³/mol. The van der Waals surface area contributed by atoms with E-state index in [1.54, 1.807) is 0 Å². The van der Waals surface area contributed by atoms with Crippen LogP contribution in [0.1, 0.15) is 48.7 Å². The predicted octanol–water partition coefficient (Wildman–Crippen LogP) is 5.22. The van der Waals surface area contributed by atoms with Gasteiger partial charge >= 0.3 is 0 Å². The van der Waals surface area contributed by atoms with Crippen molar-refractivity contribution in [3.05, 3.63) is 59.2 Å². The third kappa shape index (κ3) is 3.72. The highest BCUT2D eigenvalue weighted by Crippen LogP contribution is 2.29. The molecule has 3 heteroatoms. The van der Waals surface area contributed by atoms with Gasteiger partial charge in [0, 0.05) is 10.6 Å². The monoisotopic (exact) mass is 313 g/mol. The van der Waals surface area contributed by atoms with E-state index in [1.165, 1.54) is 0 Å². The molecule has 0 radical (unpaired) electrons. The Kier molecular flexibility index (Phi) is 4.97. The maximum Gasteiger partial charge on any atom is 0.256 e. The molecular formula is C19H23NOS. The van der Waals surface area contributed by atoms with E-state index in [1.807, 2.05) is 43.3 Å². The van der Waals surface area contributed by atoms with Gasteiger partial charge in [-0.1, -0.05) is 39.0 Å². The van der Waals surface area contributed by atoms with Gasteiger partial charge in [-0.15, -0.1) is 12.6 Å². The number of nitrogens with one attached hydrogen (secondary N) is 1. The molecule has 0 aromatic heterocycles. The van der Waals surface area contributed by atoms with Crippen molar-refractivity contribution >= 4 is 24.2 Å². The number of hydrogen-bond donors (Lipinski definition) is 2. The van der Waals surface area contributed by atoms with Crippen LogP contribution in [0, 0.1) is 6.92 Å². The molecule has 1 N–H and O–H groups in total. The molecule has 1 amide bonds. The molecule has 116 valence electrons. The van der Waals surface area contributed by atoms with E-state index < -0.39 is 0 Å². The average molecular weight is 313 g/mol. The molecule has 2 rings (SSSR count). The highest BCUT2D eigenvalue weighted by Gasteiger charge is 2.20. The maximum absolute atomic E-state index is 12.6. The first-order valence-electron chi connectivity index (χ1n) is 7.55. The van der Waals surface area contributed by atoms with E-state index in [4.69, 9.17) is 0 Å². The van der Waals surface area contributed by atoms with Crippen LogP contribution in [0.2, 0.25) is 0 Å². The van der Waals surface area contributed by atoms with E-state index >= 15 is 0 Å². The third-order valence-corrected chi connectivity index (χ3v) is 4.57. The van der Waals surface area contributed by atoms with Crippen molar-refractivity contribution in [2.75, 3.05) is 5.32 Å². The van der Waals surface area contributed by atoms with Gasteiger partial charge in [0.2, 0.25) is 0 Å². The fourth-order valence-electron chi connectivity index (χ4n) is 2.26. The number of hydrogen-bond acceptors (Lipinski definition) is 2. The van der Waals surface area contributed by atoms with Crippen LogP contribution in [0.4, 0.5) is 5.69 Å². The molecule has 2 nitrogen and oxygen atoms in total. The molecular weight excluding hydrogens is 290 g/mol. The van der Waals surface area contributed by atoms with Gasteiger partial charge < -0.3 is 5.32 Å². The first kappa shape index (κ1) is 16.6. The topological polar surface area (TPSA) is 29.1 Å². The number of carbonyl (C=O) groups is 1. The van der Waals surface area contributed by atoms with Gasteiger partial charge in [-0.05, 0) is 54.2 Å². The normalized spacial score (nSPS) is 11.3. The average Bonchev–Trinajstić information content (AvgIpc) is 2.47. The van der Waals surface area contributed by atoms with E-state index in [9.17, 15) is 4.79 Å². The standard InChI is InChI=1S/C19H23NOS/c1-5-19(3,4)14-9-10-17(22)16(12-14)18(21)20-15-8-6-7-13(2)11-15/h6-12,22H,5H2,1-4H3,(H,20,21). The maximum atomic E-state index is 12.6. The summed E-state index contributed by atoms with van der Waals surface area (Å²) >= 11 is 4.44. The summed E-state index contributed by atoms with van der Waals surface area (Å²) in [5.41, 5.74) is 3.73. The first-order chi connectivity index (χ1) is 10.3. The van der Waals surface area contributed by atoms with Gasteiger partial charge in [0.15, 0.2) is 0 Å². The number of anilines is 1. The zero-order valence-electron chi connectivity index (χ0n) is 13.6. The SMILES string of the molecule is CCC(C)(C)c1ccc(S)c(C(=O)Nc2cccc(C)c2)c1. The molecule has 0 aliphatic rings. The highest BCUT2D eigenvalue weighted by molar-refractivity contribution is 7.80. The van der Waals surface area contributed by atoms with Crippen molar-refractivity contribution in [3.8, 4) is 0 Å². The largest absolute Gasteiger partial charge is 0.322 e. The van der Waals surface area contributed by atoms with Crippen molar-refractivity contribution < 1.29 is 4.79 Å². The molecule has 2 aromatic carbocycles. The lowest BCUT2D eigenvalue weighted by molar-refractivity contribution is 0.102. The molecule has 0 aliphatic carbocycles. The lowest BCUT2D eigenvalue weighted by atomic mass is 9.81. The van der Waals surface area contributed by atoms with Gasteiger partial charge in [0.1, 0.15) is 0 Å². The number of benzene rings is 2. The minimum Gasteiger partial charge on any atom is -0.322 e. The van der Waals surface area contributed by atoms with Crippen molar-refractivity contribution in [2.45, 2.75) is 44.4 Å². The second-order valence-corrected chi connectivity index (χ2v) is 6.77. The molecule has 0 saturated carbocycles. The summed E-state index contributed by atoms with van der Waals surface area (Å²) in [6.07, 6.45) is 1.01. The molecule has 0 saturated heterocycles. The molecule has 22 heavy (non-hydrogen) atoms. The summed E-state index contributed by atoms with van der Waals surface area (Å²) in [7, 11) is 0. The van der Waals surface area contributed by atoms with E-state index in [2.05, 4.69) is 44.8 Å². The van der Waals surface area contributed by atoms with Crippen LogP contribution < -0.4 is 5.32 Å². The Balaban J connectivity index is 2.31. The van der Waals surface area contributed by atoms with Crippen LogP contribution in [0.25, 0.3) is 0 Å². The molecule has 0 unspecified atom stereocenters. The molecule has 2 aromatic rings. The van der Waals surface area contributed by atoms with Crippen LogP contribution in [0.15, 0.2) is 47.4 Å². The van der Waals surface area contributed by atoms with Crippen LogP contribution in [0.3, 0.4) is 0 Å². The second kappa shape index (κ2) is 6.57. The van der Waals surface area contributed by atoms with Crippen LogP contribution in [-0.2, 0) is 5.41 Å². The van der Waals surface area contributed by atoms with Gasteiger partial charge in [-0.2, -0.15) is 0 Å². The van der Waals surface area contributed by atoms with Crippen LogP contribution >= 0.6 is 12.6 Å². The number of rotatable bonds is 4. The zero-order valence-corrected chi connectivity index (χ0v) is 14.5. The lowest BCUT2D eigenvalue weighted by Gasteiger charge is -2.24. The first-order valence-corrected chi connectivity index (χ1v) is 8.00. The third-order valence-electron chi connectivity index (χ3n) is 4.18. The Morgan fingerprint density at radius 2 is 1.91 bits per heavy atom. The Morgan fingerprint density at radius 3 is 2.55 bits per heavy atom. The Bertz CT molecular complexity index is 692. The molecule has 0 spiro atoms. The highest BCUT2D eigenvalue weighted by atomic mass is 32.1. The molecule has 0 aliphatic heterocycles. The number of aryl methyl sites for hydroxylation is 1. The molecule has 0 bridgehead atoms. The lowest BCUT2D eigenvalue weighted by Crippen LogP contribution is -2.18. The van der Waals surface area contributed by atoms with Gasteiger partial charge in [-0.25, -0.2) is 0 Å². The van der Waals surface area contributed by atoms with Crippen LogP contribution in [-0.4, -0.2) is 5.91 Å². The molecule has 0 fully saturated rings. The minimum atomic E-state index is -0.121. The van der Waals surface area contributed by atoms with Crippen LogP contribution in [0.5, 0.6) is 0 Å². The van der Waals surface area contributed by atoms with Crippen molar-refractivity contribution in [3.63, 3.8) is 0 Å². The second-order valence-electron chi connectivity index (χ2n) is 6.29. The summed E-state index contributed by atoms with van der Waals surface area (Å²) < 4.78 is 0. The fourth-order valence-corrected chi connectivity index (χ4v) is 2.50. The summed E-state index contributed by atoms with van der Waals surface area (Å²) in [5.74, 6) is -0.121. The quantitative estimate of drug-likeness (QED) is 0.744.